The Morgan fingerprint density at radius 3 is 2.95 bits per heavy atom. The molecule has 2 fully saturated rings. The number of alkyl halides is 3. The summed E-state index contributed by atoms with van der Waals surface area (Å²) in [6, 6.07) is 1.96. The molecular weight excluding hydrogens is 297 g/mol. The molecule has 120 valence electrons. The van der Waals surface area contributed by atoms with E-state index in [0.717, 1.165) is 31.2 Å². The minimum atomic E-state index is -4.37. The normalized spacial score (nSPS) is 27.1. The lowest BCUT2D eigenvalue weighted by Crippen LogP contribution is -2.28. The summed E-state index contributed by atoms with van der Waals surface area (Å²) in [5, 5.41) is 2.77. The summed E-state index contributed by atoms with van der Waals surface area (Å²) in [7, 11) is 0. The van der Waals surface area contributed by atoms with Crippen LogP contribution in [0.1, 0.15) is 24.1 Å². The predicted molar refractivity (Wildman–Crippen MR) is 71.9 cm³/mol. The maximum Gasteiger partial charge on any atom is 0.416 e. The van der Waals surface area contributed by atoms with Gasteiger partial charge in [-0.25, -0.2) is 0 Å². The van der Waals surface area contributed by atoms with Gasteiger partial charge in [0.1, 0.15) is 0 Å². The number of nitrogens with one attached hydrogen (secondary N) is 1. The number of carbonyl (C=O) groups is 1. The molecule has 1 aromatic heterocycles. The summed E-state index contributed by atoms with van der Waals surface area (Å²) < 4.78 is 43.3. The number of hydrogen-bond acceptors (Lipinski definition) is 3. The van der Waals surface area contributed by atoms with Crippen LogP contribution in [-0.2, 0) is 22.1 Å². The molecule has 3 rings (SSSR count). The molecule has 1 amide bonds. The van der Waals surface area contributed by atoms with E-state index in [1.807, 2.05) is 0 Å². The van der Waals surface area contributed by atoms with Crippen molar-refractivity contribution in [3.63, 3.8) is 0 Å². The molecule has 0 bridgehead atoms. The van der Waals surface area contributed by atoms with E-state index in [0.29, 0.717) is 18.2 Å². The van der Waals surface area contributed by atoms with Gasteiger partial charge < -0.3 is 10.1 Å². The van der Waals surface area contributed by atoms with Gasteiger partial charge in [0.2, 0.25) is 5.91 Å². The molecule has 1 aliphatic carbocycles. The van der Waals surface area contributed by atoms with Gasteiger partial charge in [-0.15, -0.1) is 0 Å². The third kappa shape index (κ3) is 3.24. The monoisotopic (exact) mass is 314 g/mol. The van der Waals surface area contributed by atoms with E-state index in [9.17, 15) is 18.0 Å². The number of fused-ring (bicyclic) bond motifs is 1. The van der Waals surface area contributed by atoms with Crippen LogP contribution >= 0.6 is 0 Å². The van der Waals surface area contributed by atoms with Crippen LogP contribution in [0.15, 0.2) is 18.3 Å². The van der Waals surface area contributed by atoms with Gasteiger partial charge in [0.05, 0.1) is 17.6 Å². The maximum atomic E-state index is 12.6. The average molecular weight is 314 g/mol. The number of pyridine rings is 1. The molecule has 0 unspecified atom stereocenters. The van der Waals surface area contributed by atoms with Crippen LogP contribution in [0.5, 0.6) is 0 Å². The first-order valence-electron chi connectivity index (χ1n) is 7.38. The van der Waals surface area contributed by atoms with Crippen molar-refractivity contribution in [1.29, 1.82) is 0 Å². The molecule has 0 aromatic carbocycles. The Hall–Kier alpha value is -1.63. The number of amides is 1. The van der Waals surface area contributed by atoms with Crippen LogP contribution in [0.25, 0.3) is 0 Å². The van der Waals surface area contributed by atoms with Gasteiger partial charge in [0, 0.05) is 37.4 Å². The van der Waals surface area contributed by atoms with Gasteiger partial charge in [0.25, 0.3) is 0 Å². The summed E-state index contributed by atoms with van der Waals surface area (Å²) in [5.74, 6) is 0.168. The number of rotatable bonds is 4. The molecule has 1 saturated carbocycles. The molecule has 4 nitrogen and oxygen atoms in total. The zero-order chi connectivity index (χ0) is 15.7. The van der Waals surface area contributed by atoms with Crippen molar-refractivity contribution in [2.24, 2.45) is 11.8 Å². The Bertz CT molecular complexity index is 550. The summed E-state index contributed by atoms with van der Waals surface area (Å²) in [5.41, 5.74) is -0.398. The SMILES string of the molecule is O=C(NCCc1cc(C(F)(F)F)ccn1)[C@@H]1[C@H]2CCCO[C@H]21. The standard InChI is InChI=1S/C15H17F3N2O2/c16-15(17,18)9-3-5-19-10(8-9)4-6-20-14(21)12-11-2-1-7-22-13(11)12/h3,5,8,11-13H,1-2,4,6-7H2,(H,20,21)/t11-,12-,13-/m1/s1. The smallest absolute Gasteiger partial charge is 0.377 e. The second-order valence-electron chi connectivity index (χ2n) is 5.74. The van der Waals surface area contributed by atoms with E-state index in [4.69, 9.17) is 4.74 Å². The van der Waals surface area contributed by atoms with E-state index < -0.39 is 11.7 Å². The van der Waals surface area contributed by atoms with Crippen LogP contribution in [0, 0.1) is 11.8 Å². The van der Waals surface area contributed by atoms with Crippen molar-refractivity contribution in [2.45, 2.75) is 31.5 Å². The number of aromatic nitrogens is 1. The third-order valence-corrected chi connectivity index (χ3v) is 4.22. The van der Waals surface area contributed by atoms with Crippen LogP contribution in [0.3, 0.4) is 0 Å². The molecule has 22 heavy (non-hydrogen) atoms. The van der Waals surface area contributed by atoms with Gasteiger partial charge in [-0.2, -0.15) is 13.2 Å². The third-order valence-electron chi connectivity index (χ3n) is 4.22. The number of nitrogens with zero attached hydrogens (tertiary/aromatic N) is 1. The van der Waals surface area contributed by atoms with Crippen LogP contribution in [-0.4, -0.2) is 30.1 Å². The largest absolute Gasteiger partial charge is 0.416 e. The maximum absolute atomic E-state index is 12.6. The fourth-order valence-corrected chi connectivity index (χ4v) is 3.02. The minimum Gasteiger partial charge on any atom is -0.377 e. The van der Waals surface area contributed by atoms with Crippen molar-refractivity contribution < 1.29 is 22.7 Å². The first-order chi connectivity index (χ1) is 10.5. The van der Waals surface area contributed by atoms with Crippen LogP contribution in [0.4, 0.5) is 13.2 Å². The van der Waals surface area contributed by atoms with Crippen molar-refractivity contribution in [3.05, 3.63) is 29.6 Å². The van der Waals surface area contributed by atoms with Crippen molar-refractivity contribution in [1.82, 2.24) is 10.3 Å². The Morgan fingerprint density at radius 1 is 1.45 bits per heavy atom. The molecule has 1 aliphatic heterocycles. The van der Waals surface area contributed by atoms with Gasteiger partial charge in [-0.3, -0.25) is 9.78 Å². The Balaban J connectivity index is 1.48. The van der Waals surface area contributed by atoms with Gasteiger partial charge in [-0.1, -0.05) is 0 Å². The number of halogens is 3. The predicted octanol–water partition coefficient (Wildman–Crippen LogP) is 2.18. The first kappa shape index (κ1) is 15.3. The Kier molecular flexibility index (Phi) is 4.08. The summed E-state index contributed by atoms with van der Waals surface area (Å²) in [6.07, 6.45) is -0.915. The quantitative estimate of drug-likeness (QED) is 0.927. The van der Waals surface area contributed by atoms with E-state index >= 15 is 0 Å². The fraction of sp³-hybridized carbons (Fsp3) is 0.600. The summed E-state index contributed by atoms with van der Waals surface area (Å²) >= 11 is 0. The van der Waals surface area contributed by atoms with Gasteiger partial charge >= 0.3 is 6.18 Å². The highest BCUT2D eigenvalue weighted by Gasteiger charge is 2.56. The minimum absolute atomic E-state index is 0.0421. The molecule has 3 atom stereocenters. The molecule has 2 aliphatic rings. The Labute approximate surface area is 126 Å². The van der Waals surface area contributed by atoms with E-state index in [2.05, 4.69) is 10.3 Å². The van der Waals surface area contributed by atoms with E-state index in [-0.39, 0.29) is 30.9 Å². The second-order valence-corrected chi connectivity index (χ2v) is 5.74. The zero-order valence-electron chi connectivity index (χ0n) is 11.9. The fourth-order valence-electron chi connectivity index (χ4n) is 3.02. The molecule has 0 radical (unpaired) electrons. The average Bonchev–Trinajstić information content (AvgIpc) is 3.21. The van der Waals surface area contributed by atoms with Crippen molar-refractivity contribution in [3.8, 4) is 0 Å². The lowest BCUT2D eigenvalue weighted by atomic mass is 10.1. The molecule has 2 heterocycles. The zero-order valence-corrected chi connectivity index (χ0v) is 11.9. The van der Waals surface area contributed by atoms with Crippen LogP contribution < -0.4 is 5.32 Å². The molecule has 1 N–H and O–H groups in total. The number of hydrogen-bond donors (Lipinski definition) is 1. The highest BCUT2D eigenvalue weighted by molar-refractivity contribution is 5.82. The highest BCUT2D eigenvalue weighted by Crippen LogP contribution is 2.47. The number of carbonyl (C=O) groups excluding carboxylic acids is 1. The molecular formula is C15H17F3N2O2. The topological polar surface area (TPSA) is 51.2 Å². The summed E-state index contributed by atoms with van der Waals surface area (Å²) in [6.45, 7) is 0.988. The first-order valence-corrected chi connectivity index (χ1v) is 7.38. The van der Waals surface area contributed by atoms with Gasteiger partial charge in [0.15, 0.2) is 0 Å². The Morgan fingerprint density at radius 2 is 2.27 bits per heavy atom. The summed E-state index contributed by atoms with van der Waals surface area (Å²) in [4.78, 5) is 15.9. The lowest BCUT2D eigenvalue weighted by molar-refractivity contribution is -0.137. The lowest BCUT2D eigenvalue weighted by Gasteiger charge is -2.08. The van der Waals surface area contributed by atoms with E-state index in [1.54, 1.807) is 0 Å². The highest BCUT2D eigenvalue weighted by atomic mass is 19.4. The number of ether oxygens (including phenoxy) is 1. The van der Waals surface area contributed by atoms with Crippen molar-refractivity contribution in [2.75, 3.05) is 13.2 Å². The van der Waals surface area contributed by atoms with Crippen LogP contribution in [0.2, 0.25) is 0 Å². The van der Waals surface area contributed by atoms with Gasteiger partial charge in [-0.05, 0) is 25.0 Å². The van der Waals surface area contributed by atoms with Crippen molar-refractivity contribution >= 4 is 5.91 Å². The molecule has 1 aromatic rings. The molecule has 7 heteroatoms. The second kappa shape index (κ2) is 5.87. The molecule has 0 spiro atoms. The molecule has 1 saturated heterocycles. The van der Waals surface area contributed by atoms with E-state index in [1.165, 1.54) is 0 Å².